The highest BCUT2D eigenvalue weighted by Crippen LogP contribution is 2.36. The second kappa shape index (κ2) is 6.48. The predicted octanol–water partition coefficient (Wildman–Crippen LogP) is 5.37. The number of benzene rings is 2. The molecule has 0 bridgehead atoms. The summed E-state index contributed by atoms with van der Waals surface area (Å²) < 4.78 is 1.07. The molecule has 5 heteroatoms. The zero-order valence-electron chi connectivity index (χ0n) is 14.2. The third-order valence-electron chi connectivity index (χ3n) is 4.52. The van der Waals surface area contributed by atoms with Crippen molar-refractivity contribution in [3.8, 4) is 0 Å². The molecule has 126 valence electrons. The van der Waals surface area contributed by atoms with Gasteiger partial charge in [-0.1, -0.05) is 34.1 Å². The average Bonchev–Trinajstić information content (AvgIpc) is 2.93. The van der Waals surface area contributed by atoms with Gasteiger partial charge in [0.05, 0.1) is 0 Å². The van der Waals surface area contributed by atoms with E-state index in [4.69, 9.17) is 4.98 Å². The van der Waals surface area contributed by atoms with Gasteiger partial charge >= 0.3 is 0 Å². The number of aromatic nitrogens is 2. The van der Waals surface area contributed by atoms with E-state index in [0.717, 1.165) is 33.9 Å². The molecule has 2 heterocycles. The Morgan fingerprint density at radius 2 is 2.00 bits per heavy atom. The molecule has 2 aromatic carbocycles. The third kappa shape index (κ3) is 3.12. The number of rotatable bonds is 3. The number of fused-ring (bicyclic) bond motifs is 1. The molecule has 1 atom stereocenters. The van der Waals surface area contributed by atoms with Gasteiger partial charge in [0.15, 0.2) is 0 Å². The normalized spacial score (nSPS) is 16.0. The second-order valence-corrected chi connectivity index (χ2v) is 7.29. The Morgan fingerprint density at radius 1 is 1.16 bits per heavy atom. The number of nitrogens with zero attached hydrogens (tertiary/aromatic N) is 3. The van der Waals surface area contributed by atoms with E-state index < -0.39 is 0 Å². The molecule has 0 saturated carbocycles. The van der Waals surface area contributed by atoms with Crippen molar-refractivity contribution in [1.29, 1.82) is 0 Å². The van der Waals surface area contributed by atoms with Crippen LogP contribution in [0.4, 0.5) is 23.1 Å². The molecule has 0 saturated heterocycles. The van der Waals surface area contributed by atoms with Gasteiger partial charge in [0.25, 0.3) is 0 Å². The number of aryl methyl sites for hydroxylation is 1. The van der Waals surface area contributed by atoms with Crippen molar-refractivity contribution >= 4 is 39.1 Å². The van der Waals surface area contributed by atoms with Gasteiger partial charge in [-0.15, -0.1) is 0 Å². The lowest BCUT2D eigenvalue weighted by molar-refractivity contribution is 0.740. The van der Waals surface area contributed by atoms with Gasteiger partial charge in [0, 0.05) is 28.1 Å². The summed E-state index contributed by atoms with van der Waals surface area (Å²) in [4.78, 5) is 11.5. The quantitative estimate of drug-likeness (QED) is 0.647. The zero-order chi connectivity index (χ0) is 17.4. The van der Waals surface area contributed by atoms with E-state index in [-0.39, 0.29) is 0 Å². The van der Waals surface area contributed by atoms with Gasteiger partial charge in [-0.3, -0.25) is 0 Å². The number of hydrogen-bond acceptors (Lipinski definition) is 4. The summed E-state index contributed by atoms with van der Waals surface area (Å²) in [7, 11) is 0. The molecular weight excluding hydrogens is 376 g/mol. The van der Waals surface area contributed by atoms with Crippen LogP contribution in [0.5, 0.6) is 0 Å². The standard InChI is InChI=1S/C20H19BrN4/c1-13-11-16(21)7-8-17(13)23-19-9-10-22-20(24-19)25-14(2)12-15-5-3-4-6-18(15)25/h3-11,14H,12H2,1-2H3,(H,22,23,24). The van der Waals surface area contributed by atoms with Crippen molar-refractivity contribution in [3.63, 3.8) is 0 Å². The Morgan fingerprint density at radius 3 is 2.84 bits per heavy atom. The monoisotopic (exact) mass is 394 g/mol. The zero-order valence-corrected chi connectivity index (χ0v) is 15.8. The number of anilines is 4. The van der Waals surface area contributed by atoms with Gasteiger partial charge in [-0.2, -0.15) is 4.98 Å². The van der Waals surface area contributed by atoms with E-state index in [0.29, 0.717) is 6.04 Å². The molecule has 1 aromatic heterocycles. The lowest BCUT2D eigenvalue weighted by Gasteiger charge is -2.23. The minimum Gasteiger partial charge on any atom is -0.340 e. The van der Waals surface area contributed by atoms with Crippen molar-refractivity contribution in [2.75, 3.05) is 10.2 Å². The first kappa shape index (κ1) is 16.1. The van der Waals surface area contributed by atoms with Crippen LogP contribution in [0.15, 0.2) is 59.2 Å². The SMILES string of the molecule is Cc1cc(Br)ccc1Nc1ccnc(N2c3ccccc3CC2C)n1. The highest BCUT2D eigenvalue weighted by Gasteiger charge is 2.28. The number of para-hydroxylation sites is 1. The smallest absolute Gasteiger partial charge is 0.232 e. The van der Waals surface area contributed by atoms with E-state index in [1.807, 2.05) is 18.3 Å². The van der Waals surface area contributed by atoms with Crippen LogP contribution in [0.1, 0.15) is 18.1 Å². The summed E-state index contributed by atoms with van der Waals surface area (Å²) >= 11 is 3.50. The number of halogens is 1. The first-order valence-electron chi connectivity index (χ1n) is 8.35. The van der Waals surface area contributed by atoms with E-state index in [9.17, 15) is 0 Å². The van der Waals surface area contributed by atoms with E-state index in [1.54, 1.807) is 0 Å². The Bertz CT molecular complexity index is 925. The van der Waals surface area contributed by atoms with Gasteiger partial charge in [0.2, 0.25) is 5.95 Å². The maximum Gasteiger partial charge on any atom is 0.232 e. The lowest BCUT2D eigenvalue weighted by Crippen LogP contribution is -2.25. The summed E-state index contributed by atoms with van der Waals surface area (Å²) in [6, 6.07) is 16.9. The first-order chi connectivity index (χ1) is 12.1. The van der Waals surface area contributed by atoms with Crippen molar-refractivity contribution in [2.24, 2.45) is 0 Å². The van der Waals surface area contributed by atoms with Crippen LogP contribution in [0.25, 0.3) is 0 Å². The fourth-order valence-corrected chi connectivity index (χ4v) is 3.79. The third-order valence-corrected chi connectivity index (χ3v) is 5.01. The fraction of sp³-hybridized carbons (Fsp3) is 0.200. The number of nitrogens with one attached hydrogen (secondary N) is 1. The van der Waals surface area contributed by atoms with Crippen LogP contribution in [-0.2, 0) is 6.42 Å². The fourth-order valence-electron chi connectivity index (χ4n) is 3.31. The molecule has 1 N–H and O–H groups in total. The summed E-state index contributed by atoms with van der Waals surface area (Å²) in [5, 5.41) is 3.40. The van der Waals surface area contributed by atoms with Gasteiger partial charge in [-0.25, -0.2) is 4.98 Å². The van der Waals surface area contributed by atoms with Gasteiger partial charge in [-0.05, 0) is 61.7 Å². The molecule has 0 fully saturated rings. The summed E-state index contributed by atoms with van der Waals surface area (Å²) in [5.74, 6) is 1.53. The second-order valence-electron chi connectivity index (χ2n) is 6.38. The molecule has 25 heavy (non-hydrogen) atoms. The minimum absolute atomic E-state index is 0.349. The minimum atomic E-state index is 0.349. The molecule has 4 nitrogen and oxygen atoms in total. The van der Waals surface area contributed by atoms with Crippen LogP contribution < -0.4 is 10.2 Å². The van der Waals surface area contributed by atoms with Crippen LogP contribution >= 0.6 is 15.9 Å². The van der Waals surface area contributed by atoms with Crippen LogP contribution in [0, 0.1) is 6.92 Å². The highest BCUT2D eigenvalue weighted by molar-refractivity contribution is 9.10. The average molecular weight is 395 g/mol. The molecule has 4 rings (SSSR count). The Labute approximate surface area is 156 Å². The van der Waals surface area contributed by atoms with Gasteiger partial charge in [0.1, 0.15) is 5.82 Å². The molecule has 0 aliphatic carbocycles. The maximum atomic E-state index is 4.75. The predicted molar refractivity (Wildman–Crippen MR) is 106 cm³/mol. The summed E-state index contributed by atoms with van der Waals surface area (Å²) in [5.41, 5.74) is 4.75. The number of hydrogen-bond donors (Lipinski definition) is 1. The lowest BCUT2D eigenvalue weighted by atomic mass is 10.1. The van der Waals surface area contributed by atoms with Crippen molar-refractivity contribution in [3.05, 3.63) is 70.3 Å². The molecule has 3 aromatic rings. The summed E-state index contributed by atoms with van der Waals surface area (Å²) in [6.45, 7) is 4.29. The van der Waals surface area contributed by atoms with Crippen molar-refractivity contribution in [1.82, 2.24) is 9.97 Å². The highest BCUT2D eigenvalue weighted by atomic mass is 79.9. The van der Waals surface area contributed by atoms with E-state index in [1.165, 1.54) is 11.3 Å². The Hall–Kier alpha value is -2.40. The van der Waals surface area contributed by atoms with Crippen LogP contribution in [-0.4, -0.2) is 16.0 Å². The Kier molecular flexibility index (Phi) is 4.17. The van der Waals surface area contributed by atoms with Crippen LogP contribution in [0.2, 0.25) is 0 Å². The maximum absolute atomic E-state index is 4.75. The molecule has 0 spiro atoms. The van der Waals surface area contributed by atoms with E-state index in [2.05, 4.69) is 81.4 Å². The molecule has 0 amide bonds. The topological polar surface area (TPSA) is 41.1 Å². The largest absolute Gasteiger partial charge is 0.340 e. The van der Waals surface area contributed by atoms with Crippen molar-refractivity contribution in [2.45, 2.75) is 26.3 Å². The molecule has 1 aliphatic heterocycles. The molecule has 1 aliphatic rings. The first-order valence-corrected chi connectivity index (χ1v) is 9.14. The molecule has 0 radical (unpaired) electrons. The molecular formula is C20H19BrN4. The molecule has 1 unspecified atom stereocenters. The van der Waals surface area contributed by atoms with Crippen molar-refractivity contribution < 1.29 is 0 Å². The van der Waals surface area contributed by atoms with Gasteiger partial charge < -0.3 is 10.2 Å². The van der Waals surface area contributed by atoms with Crippen LogP contribution in [0.3, 0.4) is 0 Å². The Balaban J connectivity index is 1.66. The van der Waals surface area contributed by atoms with E-state index >= 15 is 0 Å². The summed E-state index contributed by atoms with van der Waals surface area (Å²) in [6.07, 6.45) is 2.83.